The highest BCUT2D eigenvalue weighted by molar-refractivity contribution is 9.10. The maximum Gasteiger partial charge on any atom is 0.308 e. The van der Waals surface area contributed by atoms with E-state index in [0.29, 0.717) is 25.4 Å². The van der Waals surface area contributed by atoms with Gasteiger partial charge in [0, 0.05) is 13.1 Å². The molecule has 1 saturated heterocycles. The number of halogens is 1. The number of esters is 1. The van der Waals surface area contributed by atoms with Gasteiger partial charge in [-0.05, 0) is 45.6 Å². The molecule has 1 aliphatic heterocycles. The molecule has 0 bridgehead atoms. The first-order valence-corrected chi connectivity index (χ1v) is 15.5. The molecule has 0 saturated carbocycles. The maximum absolute atomic E-state index is 13.0. The van der Waals surface area contributed by atoms with Crippen molar-refractivity contribution in [2.75, 3.05) is 26.3 Å². The molecular formula is C32H43BrN2O5. The average Bonchev–Trinajstić information content (AvgIpc) is 2.96. The van der Waals surface area contributed by atoms with Crippen molar-refractivity contribution in [2.45, 2.75) is 83.6 Å². The number of amides is 2. The molecule has 1 heterocycles. The van der Waals surface area contributed by atoms with E-state index >= 15 is 0 Å². The minimum atomic E-state index is -0.894. The molecule has 0 aliphatic carbocycles. The van der Waals surface area contributed by atoms with Crippen molar-refractivity contribution in [3.63, 3.8) is 0 Å². The molecule has 8 heteroatoms. The van der Waals surface area contributed by atoms with Crippen LogP contribution in [0.5, 0.6) is 5.75 Å². The molecule has 40 heavy (non-hydrogen) atoms. The van der Waals surface area contributed by atoms with Crippen LogP contribution in [0, 0.1) is 0 Å². The molecule has 1 unspecified atom stereocenters. The minimum absolute atomic E-state index is 0.162. The van der Waals surface area contributed by atoms with E-state index in [1.54, 1.807) is 0 Å². The number of carbonyl (C=O) groups excluding carboxylic acids is 3. The van der Waals surface area contributed by atoms with Crippen LogP contribution in [-0.4, -0.2) is 55.0 Å². The molecular weight excluding hydrogens is 572 g/mol. The standard InChI is InChI=1S/C32H43BrN2O5/c1-2-3-4-5-6-7-8-9-10-14-21-39-31(37)23-28-32(38)34-19-20-35(28)30(36)24-40-29-18-17-26(22-27(29)33)25-15-12-11-13-16-25/h11-13,15-18,22,28H,2-10,14,19-21,23-24H2,1H3,(H,34,38). The van der Waals surface area contributed by atoms with Gasteiger partial charge in [-0.25, -0.2) is 0 Å². The number of piperazine rings is 1. The average molecular weight is 616 g/mol. The second-order valence-corrected chi connectivity index (χ2v) is 11.2. The van der Waals surface area contributed by atoms with E-state index in [0.717, 1.165) is 34.9 Å². The molecule has 218 valence electrons. The largest absolute Gasteiger partial charge is 0.483 e. The van der Waals surface area contributed by atoms with Gasteiger partial charge in [-0.2, -0.15) is 0 Å². The number of hydrogen-bond acceptors (Lipinski definition) is 5. The van der Waals surface area contributed by atoms with Crippen LogP contribution in [-0.2, 0) is 19.1 Å². The second kappa shape index (κ2) is 17.7. The van der Waals surface area contributed by atoms with Gasteiger partial charge < -0.3 is 19.7 Å². The zero-order chi connectivity index (χ0) is 28.6. The van der Waals surface area contributed by atoms with Crippen LogP contribution in [0.15, 0.2) is 53.0 Å². The summed E-state index contributed by atoms with van der Waals surface area (Å²) in [6, 6.07) is 14.8. The van der Waals surface area contributed by atoms with Crippen molar-refractivity contribution in [1.29, 1.82) is 0 Å². The number of rotatable bonds is 17. The Hall–Kier alpha value is -2.87. The quantitative estimate of drug-likeness (QED) is 0.159. The number of benzene rings is 2. The van der Waals surface area contributed by atoms with Crippen LogP contribution < -0.4 is 10.1 Å². The van der Waals surface area contributed by atoms with Crippen molar-refractivity contribution in [2.24, 2.45) is 0 Å². The lowest BCUT2D eigenvalue weighted by molar-refractivity contribution is -0.152. The number of nitrogens with zero attached hydrogens (tertiary/aromatic N) is 1. The third-order valence-corrected chi connectivity index (χ3v) is 7.78. The van der Waals surface area contributed by atoms with Crippen LogP contribution in [0.1, 0.15) is 77.6 Å². The van der Waals surface area contributed by atoms with E-state index in [-0.39, 0.29) is 24.8 Å². The fourth-order valence-corrected chi connectivity index (χ4v) is 5.35. The van der Waals surface area contributed by atoms with Gasteiger partial charge in [0.2, 0.25) is 5.91 Å². The van der Waals surface area contributed by atoms with E-state index in [1.807, 2.05) is 48.5 Å². The molecule has 1 fully saturated rings. The summed E-state index contributed by atoms with van der Waals surface area (Å²) in [6.45, 7) is 2.99. The third kappa shape index (κ3) is 10.6. The van der Waals surface area contributed by atoms with Crippen LogP contribution >= 0.6 is 15.9 Å². The predicted molar refractivity (Wildman–Crippen MR) is 161 cm³/mol. The Kier molecular flexibility index (Phi) is 14.0. The van der Waals surface area contributed by atoms with Crippen LogP contribution in [0.3, 0.4) is 0 Å². The van der Waals surface area contributed by atoms with E-state index in [1.165, 1.54) is 49.8 Å². The predicted octanol–water partition coefficient (Wildman–Crippen LogP) is 6.68. The van der Waals surface area contributed by atoms with Crippen LogP contribution in [0.4, 0.5) is 0 Å². The zero-order valence-corrected chi connectivity index (χ0v) is 25.3. The second-order valence-electron chi connectivity index (χ2n) is 10.3. The summed E-state index contributed by atoms with van der Waals surface area (Å²) in [5.74, 6) is -0.622. The Morgan fingerprint density at radius 3 is 2.27 bits per heavy atom. The normalized spacial score (nSPS) is 15.0. The SMILES string of the molecule is CCCCCCCCCCCCOC(=O)CC1C(=O)NCCN1C(=O)COc1ccc(-c2ccccc2)cc1Br. The molecule has 0 aromatic heterocycles. The fraction of sp³-hybridized carbons (Fsp3) is 0.531. The van der Waals surface area contributed by atoms with Crippen molar-refractivity contribution in [3.8, 4) is 16.9 Å². The molecule has 0 radical (unpaired) electrons. The summed E-state index contributed by atoms with van der Waals surface area (Å²) in [5.41, 5.74) is 2.10. The zero-order valence-electron chi connectivity index (χ0n) is 23.7. The van der Waals surface area contributed by atoms with Gasteiger partial charge in [0.25, 0.3) is 5.91 Å². The first-order chi connectivity index (χ1) is 19.5. The van der Waals surface area contributed by atoms with Gasteiger partial charge in [0.15, 0.2) is 6.61 Å². The lowest BCUT2D eigenvalue weighted by Crippen LogP contribution is -2.58. The molecule has 2 aromatic carbocycles. The van der Waals surface area contributed by atoms with Crippen LogP contribution in [0.25, 0.3) is 11.1 Å². The van der Waals surface area contributed by atoms with Crippen molar-refractivity contribution in [3.05, 3.63) is 53.0 Å². The molecule has 2 amide bonds. The lowest BCUT2D eigenvalue weighted by atomic mass is 10.1. The minimum Gasteiger partial charge on any atom is -0.483 e. The Balaban J connectivity index is 1.39. The Bertz CT molecular complexity index is 1080. The number of hydrogen-bond donors (Lipinski definition) is 1. The third-order valence-electron chi connectivity index (χ3n) is 7.16. The number of unbranched alkanes of at least 4 members (excludes halogenated alkanes) is 9. The molecule has 2 aromatic rings. The Morgan fingerprint density at radius 1 is 0.925 bits per heavy atom. The number of carbonyl (C=O) groups is 3. The highest BCUT2D eigenvalue weighted by atomic mass is 79.9. The first kappa shape index (κ1) is 31.7. The van der Waals surface area contributed by atoms with Gasteiger partial charge in [-0.3, -0.25) is 14.4 Å². The number of ether oxygens (including phenoxy) is 2. The van der Waals surface area contributed by atoms with Gasteiger partial charge >= 0.3 is 5.97 Å². The number of nitrogens with one attached hydrogen (secondary N) is 1. The van der Waals surface area contributed by atoms with Gasteiger partial charge in [0.05, 0.1) is 17.5 Å². The highest BCUT2D eigenvalue weighted by Gasteiger charge is 2.35. The van der Waals surface area contributed by atoms with Crippen LogP contribution in [0.2, 0.25) is 0 Å². The van der Waals surface area contributed by atoms with E-state index in [9.17, 15) is 14.4 Å². The van der Waals surface area contributed by atoms with Gasteiger partial charge in [0.1, 0.15) is 11.8 Å². The molecule has 0 spiro atoms. The molecule has 1 atom stereocenters. The Morgan fingerprint density at radius 2 is 1.60 bits per heavy atom. The topological polar surface area (TPSA) is 84.9 Å². The monoisotopic (exact) mass is 614 g/mol. The van der Waals surface area contributed by atoms with Gasteiger partial charge in [-0.15, -0.1) is 0 Å². The van der Waals surface area contributed by atoms with E-state index < -0.39 is 12.0 Å². The summed E-state index contributed by atoms with van der Waals surface area (Å²) in [7, 11) is 0. The summed E-state index contributed by atoms with van der Waals surface area (Å²) in [4.78, 5) is 39.5. The van der Waals surface area contributed by atoms with Crippen molar-refractivity contribution in [1.82, 2.24) is 10.2 Å². The molecule has 1 aliphatic rings. The summed E-state index contributed by atoms with van der Waals surface area (Å²) in [6.07, 6.45) is 11.9. The van der Waals surface area contributed by atoms with E-state index in [4.69, 9.17) is 9.47 Å². The van der Waals surface area contributed by atoms with Crippen molar-refractivity contribution >= 4 is 33.7 Å². The molecule has 7 nitrogen and oxygen atoms in total. The molecule has 1 N–H and O–H groups in total. The summed E-state index contributed by atoms with van der Waals surface area (Å²) >= 11 is 3.53. The van der Waals surface area contributed by atoms with E-state index in [2.05, 4.69) is 28.2 Å². The van der Waals surface area contributed by atoms with Crippen molar-refractivity contribution < 1.29 is 23.9 Å². The Labute approximate surface area is 247 Å². The summed E-state index contributed by atoms with van der Waals surface area (Å²) < 4.78 is 11.9. The van der Waals surface area contributed by atoms with Gasteiger partial charge in [-0.1, -0.05) is 101 Å². The summed E-state index contributed by atoms with van der Waals surface area (Å²) in [5, 5.41) is 2.75. The smallest absolute Gasteiger partial charge is 0.308 e. The maximum atomic E-state index is 13.0. The lowest BCUT2D eigenvalue weighted by Gasteiger charge is -2.34. The molecule has 3 rings (SSSR count). The fourth-order valence-electron chi connectivity index (χ4n) is 4.86. The highest BCUT2D eigenvalue weighted by Crippen LogP contribution is 2.30. The first-order valence-electron chi connectivity index (χ1n) is 14.7.